The SMILES string of the molecule is O=C(CS(=O)(=O)CC1CCCN1)N1CCCCC1. The van der Waals surface area contributed by atoms with Crippen LogP contribution in [0.1, 0.15) is 32.1 Å². The van der Waals surface area contributed by atoms with E-state index in [1.165, 1.54) is 0 Å². The molecule has 2 saturated heterocycles. The summed E-state index contributed by atoms with van der Waals surface area (Å²) in [5.74, 6) is -0.426. The summed E-state index contributed by atoms with van der Waals surface area (Å²) in [7, 11) is -3.27. The average Bonchev–Trinajstić information content (AvgIpc) is 2.81. The highest BCUT2D eigenvalue weighted by atomic mass is 32.2. The first-order valence-electron chi connectivity index (χ1n) is 6.78. The van der Waals surface area contributed by atoms with Gasteiger partial charge in [0.2, 0.25) is 5.91 Å². The Labute approximate surface area is 109 Å². The van der Waals surface area contributed by atoms with Crippen LogP contribution in [0.2, 0.25) is 0 Å². The third-order valence-corrected chi connectivity index (χ3v) is 5.27. The normalized spacial score (nSPS) is 25.3. The molecule has 0 aromatic heterocycles. The number of carbonyl (C=O) groups excluding carboxylic acids is 1. The van der Waals surface area contributed by atoms with E-state index in [4.69, 9.17) is 0 Å². The summed E-state index contributed by atoms with van der Waals surface area (Å²) in [6.07, 6.45) is 5.06. The van der Waals surface area contributed by atoms with Crippen molar-refractivity contribution in [2.24, 2.45) is 0 Å². The van der Waals surface area contributed by atoms with Crippen molar-refractivity contribution >= 4 is 15.7 Å². The highest BCUT2D eigenvalue weighted by molar-refractivity contribution is 7.92. The summed E-state index contributed by atoms with van der Waals surface area (Å²) in [6, 6.07) is 0.0455. The third-order valence-electron chi connectivity index (χ3n) is 3.67. The molecule has 18 heavy (non-hydrogen) atoms. The standard InChI is InChI=1S/C12H22N2O3S/c15-12(14-7-2-1-3-8-14)10-18(16,17)9-11-5-4-6-13-11/h11,13H,1-10H2. The van der Waals surface area contributed by atoms with Crippen molar-refractivity contribution in [2.45, 2.75) is 38.1 Å². The fourth-order valence-electron chi connectivity index (χ4n) is 2.69. The lowest BCUT2D eigenvalue weighted by molar-refractivity contribution is -0.129. The van der Waals surface area contributed by atoms with Gasteiger partial charge in [-0.05, 0) is 38.6 Å². The van der Waals surface area contributed by atoms with Gasteiger partial charge in [0.25, 0.3) is 0 Å². The van der Waals surface area contributed by atoms with Gasteiger partial charge in [0.1, 0.15) is 5.75 Å². The van der Waals surface area contributed by atoms with Gasteiger partial charge in [0, 0.05) is 19.1 Å². The highest BCUT2D eigenvalue weighted by Gasteiger charge is 2.27. The minimum Gasteiger partial charge on any atom is -0.342 e. The molecule has 1 amide bonds. The maximum absolute atomic E-state index is 12.0. The smallest absolute Gasteiger partial charge is 0.237 e. The van der Waals surface area contributed by atoms with Crippen LogP contribution in [0.25, 0.3) is 0 Å². The summed E-state index contributed by atoms with van der Waals surface area (Å²) >= 11 is 0. The van der Waals surface area contributed by atoms with E-state index < -0.39 is 9.84 Å². The number of rotatable bonds is 4. The summed E-state index contributed by atoms with van der Waals surface area (Å²) in [5, 5.41) is 3.16. The summed E-state index contributed by atoms with van der Waals surface area (Å²) in [6.45, 7) is 2.33. The maximum atomic E-state index is 12.0. The molecule has 0 bridgehead atoms. The Morgan fingerprint density at radius 3 is 2.50 bits per heavy atom. The van der Waals surface area contributed by atoms with Crippen LogP contribution in [0, 0.1) is 0 Å². The predicted molar refractivity (Wildman–Crippen MR) is 70.1 cm³/mol. The van der Waals surface area contributed by atoms with Crippen molar-refractivity contribution in [1.29, 1.82) is 0 Å². The van der Waals surface area contributed by atoms with Crippen molar-refractivity contribution in [1.82, 2.24) is 10.2 Å². The number of sulfone groups is 1. The van der Waals surface area contributed by atoms with E-state index in [1.807, 2.05) is 0 Å². The Kier molecular flexibility index (Phi) is 4.61. The average molecular weight is 274 g/mol. The number of nitrogens with one attached hydrogen (secondary N) is 1. The lowest BCUT2D eigenvalue weighted by Crippen LogP contribution is -2.41. The molecule has 0 aromatic rings. The molecule has 0 aromatic carbocycles. The zero-order chi connectivity index (χ0) is 13.0. The van der Waals surface area contributed by atoms with E-state index in [0.717, 1.165) is 51.7 Å². The molecule has 0 spiro atoms. The summed E-state index contributed by atoms with van der Waals surface area (Å²) in [4.78, 5) is 13.6. The highest BCUT2D eigenvalue weighted by Crippen LogP contribution is 2.12. The second-order valence-electron chi connectivity index (χ2n) is 5.29. The largest absolute Gasteiger partial charge is 0.342 e. The predicted octanol–water partition coefficient (Wildman–Crippen LogP) is 0.166. The number of carbonyl (C=O) groups is 1. The Bertz CT molecular complexity index is 382. The monoisotopic (exact) mass is 274 g/mol. The number of piperidine rings is 1. The number of likely N-dealkylation sites (tertiary alicyclic amines) is 1. The molecule has 2 rings (SSSR count). The molecule has 104 valence electrons. The molecular weight excluding hydrogens is 252 g/mol. The first-order valence-corrected chi connectivity index (χ1v) is 8.60. The maximum Gasteiger partial charge on any atom is 0.237 e. The van der Waals surface area contributed by atoms with E-state index in [0.29, 0.717) is 0 Å². The molecule has 5 nitrogen and oxygen atoms in total. The molecule has 1 unspecified atom stereocenters. The summed E-state index contributed by atoms with van der Waals surface area (Å²) in [5.41, 5.74) is 0. The minimum absolute atomic E-state index is 0.0455. The van der Waals surface area contributed by atoms with Gasteiger partial charge in [-0.15, -0.1) is 0 Å². The molecule has 2 aliphatic heterocycles. The van der Waals surface area contributed by atoms with Crippen LogP contribution < -0.4 is 5.32 Å². The van der Waals surface area contributed by atoms with Gasteiger partial charge in [0.15, 0.2) is 9.84 Å². The number of hydrogen-bond acceptors (Lipinski definition) is 4. The van der Waals surface area contributed by atoms with Crippen molar-refractivity contribution in [2.75, 3.05) is 31.1 Å². The topological polar surface area (TPSA) is 66.5 Å². The summed E-state index contributed by atoms with van der Waals surface area (Å²) < 4.78 is 23.9. The van der Waals surface area contributed by atoms with Crippen LogP contribution in [0.4, 0.5) is 0 Å². The molecule has 2 heterocycles. The molecule has 2 aliphatic rings. The number of hydrogen-bond donors (Lipinski definition) is 1. The molecule has 2 fully saturated rings. The van der Waals surface area contributed by atoms with Gasteiger partial charge < -0.3 is 10.2 Å². The van der Waals surface area contributed by atoms with Crippen molar-refractivity contribution < 1.29 is 13.2 Å². The van der Waals surface area contributed by atoms with E-state index in [2.05, 4.69) is 5.32 Å². The molecule has 1 atom stereocenters. The van der Waals surface area contributed by atoms with Gasteiger partial charge >= 0.3 is 0 Å². The minimum atomic E-state index is -3.27. The number of amides is 1. The Hall–Kier alpha value is -0.620. The third kappa shape index (κ3) is 3.95. The first kappa shape index (κ1) is 13.8. The van der Waals surface area contributed by atoms with E-state index in [1.54, 1.807) is 4.90 Å². The Morgan fingerprint density at radius 1 is 1.17 bits per heavy atom. The van der Waals surface area contributed by atoms with E-state index in [9.17, 15) is 13.2 Å². The molecule has 0 radical (unpaired) electrons. The molecule has 6 heteroatoms. The fourth-order valence-corrected chi connectivity index (χ4v) is 4.26. The Balaban J connectivity index is 1.84. The van der Waals surface area contributed by atoms with Gasteiger partial charge in [-0.25, -0.2) is 8.42 Å². The van der Waals surface area contributed by atoms with Gasteiger partial charge in [-0.2, -0.15) is 0 Å². The van der Waals surface area contributed by atoms with Crippen LogP contribution in [0.5, 0.6) is 0 Å². The van der Waals surface area contributed by atoms with Gasteiger partial charge in [-0.1, -0.05) is 0 Å². The zero-order valence-corrected chi connectivity index (χ0v) is 11.5. The van der Waals surface area contributed by atoms with Crippen LogP contribution in [0.15, 0.2) is 0 Å². The van der Waals surface area contributed by atoms with Crippen LogP contribution in [-0.4, -0.2) is 56.4 Å². The van der Waals surface area contributed by atoms with Crippen molar-refractivity contribution in [3.63, 3.8) is 0 Å². The number of nitrogens with zero attached hydrogens (tertiary/aromatic N) is 1. The Morgan fingerprint density at radius 2 is 1.89 bits per heavy atom. The lowest BCUT2D eigenvalue weighted by Gasteiger charge is -2.26. The van der Waals surface area contributed by atoms with Crippen LogP contribution in [-0.2, 0) is 14.6 Å². The molecule has 1 N–H and O–H groups in total. The van der Waals surface area contributed by atoms with Gasteiger partial charge in [-0.3, -0.25) is 4.79 Å². The van der Waals surface area contributed by atoms with Crippen molar-refractivity contribution in [3.05, 3.63) is 0 Å². The van der Waals surface area contributed by atoms with Crippen molar-refractivity contribution in [3.8, 4) is 0 Å². The fraction of sp³-hybridized carbons (Fsp3) is 0.917. The van der Waals surface area contributed by atoms with E-state index >= 15 is 0 Å². The second-order valence-corrected chi connectivity index (χ2v) is 7.40. The van der Waals surface area contributed by atoms with E-state index in [-0.39, 0.29) is 23.5 Å². The second kappa shape index (κ2) is 6.02. The molecular formula is C12H22N2O3S. The van der Waals surface area contributed by atoms with Crippen LogP contribution >= 0.6 is 0 Å². The zero-order valence-electron chi connectivity index (χ0n) is 10.7. The lowest BCUT2D eigenvalue weighted by atomic mass is 10.1. The quantitative estimate of drug-likeness (QED) is 0.793. The first-order chi connectivity index (χ1) is 8.57. The molecule has 0 saturated carbocycles. The molecule has 0 aliphatic carbocycles. The van der Waals surface area contributed by atoms with Crippen LogP contribution in [0.3, 0.4) is 0 Å². The van der Waals surface area contributed by atoms with Gasteiger partial charge in [0.05, 0.1) is 5.75 Å².